The highest BCUT2D eigenvalue weighted by Crippen LogP contribution is 1.99. The van der Waals surface area contributed by atoms with Gasteiger partial charge in [-0.3, -0.25) is 4.79 Å². The molecule has 0 radical (unpaired) electrons. The van der Waals surface area contributed by atoms with Gasteiger partial charge in [-0.1, -0.05) is 6.08 Å². The summed E-state index contributed by atoms with van der Waals surface area (Å²) in [6, 6.07) is 0. The average molecular weight is 160 g/mol. The van der Waals surface area contributed by atoms with E-state index >= 15 is 0 Å². The Morgan fingerprint density at radius 1 is 1.82 bits per heavy atom. The van der Waals surface area contributed by atoms with Crippen LogP contribution in [0.25, 0.3) is 0 Å². The molecule has 0 aliphatic rings. The summed E-state index contributed by atoms with van der Waals surface area (Å²) >= 11 is 0. The molecule has 64 valence electrons. The second kappa shape index (κ2) is 5.88. The van der Waals surface area contributed by atoms with Crippen molar-refractivity contribution in [2.75, 3.05) is 13.9 Å². The number of carbonyl (C=O) groups is 1. The standard InChI is InChI=1S/C7H12O4/c1-3-6(4-7(8)9)11-5-10-2/h3,6H,1,4-5H2,2H3,(H,8,9)/t6-/m1/s1. The molecule has 0 rings (SSSR count). The number of carboxylic acid groups (broad SMARTS) is 1. The second-order valence-electron chi connectivity index (χ2n) is 1.95. The molecule has 0 heterocycles. The molecule has 0 aromatic rings. The topological polar surface area (TPSA) is 55.8 Å². The number of methoxy groups -OCH3 is 1. The Morgan fingerprint density at radius 3 is 2.82 bits per heavy atom. The molecule has 4 nitrogen and oxygen atoms in total. The van der Waals surface area contributed by atoms with Gasteiger partial charge in [-0.25, -0.2) is 0 Å². The molecule has 0 aliphatic heterocycles. The van der Waals surface area contributed by atoms with Gasteiger partial charge >= 0.3 is 5.97 Å². The summed E-state index contributed by atoms with van der Waals surface area (Å²) in [5, 5.41) is 8.35. The summed E-state index contributed by atoms with van der Waals surface area (Å²) in [5.74, 6) is -0.911. The van der Waals surface area contributed by atoms with Crippen molar-refractivity contribution >= 4 is 5.97 Å². The molecule has 0 amide bonds. The smallest absolute Gasteiger partial charge is 0.306 e. The molecule has 0 saturated carbocycles. The van der Waals surface area contributed by atoms with E-state index in [-0.39, 0.29) is 13.2 Å². The largest absolute Gasteiger partial charge is 0.481 e. The van der Waals surface area contributed by atoms with Crippen LogP contribution in [0.4, 0.5) is 0 Å². The van der Waals surface area contributed by atoms with Crippen molar-refractivity contribution in [1.82, 2.24) is 0 Å². The van der Waals surface area contributed by atoms with Crippen molar-refractivity contribution in [1.29, 1.82) is 0 Å². The summed E-state index contributed by atoms with van der Waals surface area (Å²) in [6.45, 7) is 3.51. The predicted octanol–water partition coefficient (Wildman–Crippen LogP) is 0.636. The van der Waals surface area contributed by atoms with Gasteiger partial charge in [-0.15, -0.1) is 6.58 Å². The van der Waals surface area contributed by atoms with Crippen LogP contribution in [0.2, 0.25) is 0 Å². The molecule has 4 heteroatoms. The number of carboxylic acids is 1. The highest BCUT2D eigenvalue weighted by atomic mass is 16.7. The molecule has 0 fully saturated rings. The summed E-state index contributed by atoms with van der Waals surface area (Å²) in [4.78, 5) is 10.2. The van der Waals surface area contributed by atoms with Crippen molar-refractivity contribution < 1.29 is 19.4 Å². The third-order valence-electron chi connectivity index (χ3n) is 1.04. The first-order valence-electron chi connectivity index (χ1n) is 3.15. The normalized spacial score (nSPS) is 12.5. The highest BCUT2D eigenvalue weighted by molar-refractivity contribution is 5.67. The summed E-state index contributed by atoms with van der Waals surface area (Å²) < 4.78 is 9.52. The first-order chi connectivity index (χ1) is 5.20. The van der Waals surface area contributed by atoms with Gasteiger partial charge in [0.1, 0.15) is 6.79 Å². The number of ether oxygens (including phenoxy) is 2. The van der Waals surface area contributed by atoms with Crippen molar-refractivity contribution in [2.24, 2.45) is 0 Å². The minimum atomic E-state index is -0.911. The van der Waals surface area contributed by atoms with Crippen LogP contribution >= 0.6 is 0 Å². The molecule has 1 N–H and O–H groups in total. The molecule has 1 atom stereocenters. The zero-order valence-electron chi connectivity index (χ0n) is 6.45. The summed E-state index contributed by atoms with van der Waals surface area (Å²) in [7, 11) is 1.47. The molecule has 0 aromatic heterocycles. The first-order valence-corrected chi connectivity index (χ1v) is 3.15. The number of hydrogen-bond donors (Lipinski definition) is 1. The fourth-order valence-corrected chi connectivity index (χ4v) is 0.538. The second-order valence-corrected chi connectivity index (χ2v) is 1.95. The third kappa shape index (κ3) is 5.57. The van der Waals surface area contributed by atoms with Crippen LogP contribution in [-0.4, -0.2) is 31.1 Å². The zero-order chi connectivity index (χ0) is 8.69. The van der Waals surface area contributed by atoms with E-state index < -0.39 is 12.1 Å². The van der Waals surface area contributed by atoms with Gasteiger partial charge in [0.25, 0.3) is 0 Å². The van der Waals surface area contributed by atoms with Crippen molar-refractivity contribution in [3.8, 4) is 0 Å². The van der Waals surface area contributed by atoms with E-state index in [1.54, 1.807) is 0 Å². The predicted molar refractivity (Wildman–Crippen MR) is 39.2 cm³/mol. The lowest BCUT2D eigenvalue weighted by Gasteiger charge is -2.09. The molecule has 0 aromatic carbocycles. The minimum Gasteiger partial charge on any atom is -0.481 e. The molecule has 11 heavy (non-hydrogen) atoms. The monoisotopic (exact) mass is 160 g/mol. The average Bonchev–Trinajstić information content (AvgIpc) is 1.97. The van der Waals surface area contributed by atoms with Gasteiger partial charge in [-0.05, 0) is 0 Å². The van der Waals surface area contributed by atoms with Gasteiger partial charge < -0.3 is 14.6 Å². The lowest BCUT2D eigenvalue weighted by Crippen LogP contribution is -2.16. The molecule has 0 bridgehead atoms. The van der Waals surface area contributed by atoms with Crippen LogP contribution in [-0.2, 0) is 14.3 Å². The molecule has 0 unspecified atom stereocenters. The van der Waals surface area contributed by atoms with E-state index in [1.807, 2.05) is 0 Å². The van der Waals surface area contributed by atoms with E-state index in [1.165, 1.54) is 13.2 Å². The Morgan fingerprint density at radius 2 is 2.45 bits per heavy atom. The Balaban J connectivity index is 3.57. The Hall–Kier alpha value is -0.870. The number of aliphatic carboxylic acids is 1. The molecular formula is C7H12O4. The van der Waals surface area contributed by atoms with Gasteiger partial charge in [0.15, 0.2) is 0 Å². The molecular weight excluding hydrogens is 148 g/mol. The Kier molecular flexibility index (Phi) is 5.42. The quantitative estimate of drug-likeness (QED) is 0.457. The summed E-state index contributed by atoms with van der Waals surface area (Å²) in [5.41, 5.74) is 0. The molecule has 0 saturated heterocycles. The minimum absolute atomic E-state index is 0.0765. The van der Waals surface area contributed by atoms with Gasteiger partial charge in [0.2, 0.25) is 0 Å². The fraction of sp³-hybridized carbons (Fsp3) is 0.571. The van der Waals surface area contributed by atoms with Crippen LogP contribution < -0.4 is 0 Å². The van der Waals surface area contributed by atoms with E-state index in [9.17, 15) is 4.79 Å². The van der Waals surface area contributed by atoms with Gasteiger partial charge in [0.05, 0.1) is 12.5 Å². The lowest BCUT2D eigenvalue weighted by molar-refractivity contribution is -0.141. The number of rotatable bonds is 6. The van der Waals surface area contributed by atoms with Crippen LogP contribution in [0.5, 0.6) is 0 Å². The van der Waals surface area contributed by atoms with Crippen LogP contribution in [0.1, 0.15) is 6.42 Å². The first kappa shape index (κ1) is 10.1. The van der Waals surface area contributed by atoms with E-state index in [0.29, 0.717) is 0 Å². The molecule has 0 aliphatic carbocycles. The summed E-state index contributed by atoms with van der Waals surface area (Å²) in [6.07, 6.45) is 0.896. The Bertz CT molecular complexity index is 132. The van der Waals surface area contributed by atoms with E-state index in [2.05, 4.69) is 11.3 Å². The van der Waals surface area contributed by atoms with Crippen molar-refractivity contribution in [2.45, 2.75) is 12.5 Å². The van der Waals surface area contributed by atoms with Crippen molar-refractivity contribution in [3.63, 3.8) is 0 Å². The van der Waals surface area contributed by atoms with Gasteiger partial charge in [-0.2, -0.15) is 0 Å². The van der Waals surface area contributed by atoms with Gasteiger partial charge in [0, 0.05) is 7.11 Å². The molecule has 0 spiro atoms. The highest BCUT2D eigenvalue weighted by Gasteiger charge is 2.08. The maximum Gasteiger partial charge on any atom is 0.306 e. The van der Waals surface area contributed by atoms with Crippen LogP contribution in [0, 0.1) is 0 Å². The third-order valence-corrected chi connectivity index (χ3v) is 1.04. The number of hydrogen-bond acceptors (Lipinski definition) is 3. The maximum atomic E-state index is 10.2. The van der Waals surface area contributed by atoms with E-state index in [4.69, 9.17) is 9.84 Å². The Labute approximate surface area is 65.4 Å². The van der Waals surface area contributed by atoms with Crippen LogP contribution in [0.15, 0.2) is 12.7 Å². The lowest BCUT2D eigenvalue weighted by atomic mass is 10.2. The van der Waals surface area contributed by atoms with Crippen molar-refractivity contribution in [3.05, 3.63) is 12.7 Å². The SMILES string of the molecule is C=C[C@H](CC(=O)O)OCOC. The fourth-order valence-electron chi connectivity index (χ4n) is 0.538. The van der Waals surface area contributed by atoms with Crippen LogP contribution in [0.3, 0.4) is 0 Å². The van der Waals surface area contributed by atoms with E-state index in [0.717, 1.165) is 0 Å². The zero-order valence-corrected chi connectivity index (χ0v) is 6.45. The maximum absolute atomic E-state index is 10.2.